The van der Waals surface area contributed by atoms with Crippen molar-refractivity contribution in [3.8, 4) is 11.5 Å². The molecule has 1 aromatic heterocycles. The molecule has 0 saturated carbocycles. The number of nitrogens with zero attached hydrogens (tertiary/aromatic N) is 1. The summed E-state index contributed by atoms with van der Waals surface area (Å²) in [5.74, 6) is -0.801. The van der Waals surface area contributed by atoms with E-state index in [9.17, 15) is 9.18 Å². The Bertz CT molecular complexity index is 862. The van der Waals surface area contributed by atoms with E-state index in [0.29, 0.717) is 16.6 Å². The zero-order chi connectivity index (χ0) is 16.4. The summed E-state index contributed by atoms with van der Waals surface area (Å²) in [5, 5.41) is 2.76. The summed E-state index contributed by atoms with van der Waals surface area (Å²) in [6, 6.07) is 13.1. The van der Waals surface area contributed by atoms with E-state index in [2.05, 4.69) is 10.3 Å². The zero-order valence-corrected chi connectivity index (χ0v) is 12.9. The molecule has 1 heterocycles. The van der Waals surface area contributed by atoms with Crippen LogP contribution in [0.3, 0.4) is 0 Å². The molecule has 0 atom stereocenters. The van der Waals surface area contributed by atoms with Crippen LogP contribution in [0.1, 0.15) is 16.2 Å². The van der Waals surface area contributed by atoms with Crippen LogP contribution < -0.4 is 5.32 Å². The number of rotatable bonds is 3. The van der Waals surface area contributed by atoms with Gasteiger partial charge in [0.05, 0.1) is 11.4 Å². The lowest BCUT2D eigenvalue weighted by Crippen LogP contribution is -2.13. The number of halogens is 2. The number of carbonyl (C=O) groups excluding carboxylic acids is 1. The fraction of sp³-hybridized carbons (Fsp3) is 0.0588. The van der Waals surface area contributed by atoms with Crippen LogP contribution in [0.5, 0.6) is 0 Å². The van der Waals surface area contributed by atoms with E-state index >= 15 is 0 Å². The fourth-order valence-electron chi connectivity index (χ4n) is 2.08. The van der Waals surface area contributed by atoms with E-state index in [0.717, 1.165) is 5.56 Å². The Kier molecular flexibility index (Phi) is 4.12. The van der Waals surface area contributed by atoms with E-state index in [1.165, 1.54) is 18.2 Å². The molecule has 1 N–H and O–H groups in total. The molecule has 4 nitrogen and oxygen atoms in total. The first-order valence-electron chi connectivity index (χ1n) is 6.84. The Labute approximate surface area is 136 Å². The second-order valence-electron chi connectivity index (χ2n) is 4.88. The van der Waals surface area contributed by atoms with Crippen LogP contribution in [0.4, 0.5) is 10.1 Å². The van der Waals surface area contributed by atoms with Gasteiger partial charge in [-0.2, -0.15) is 0 Å². The minimum Gasteiger partial charge on any atom is -0.431 e. The van der Waals surface area contributed by atoms with Crippen molar-refractivity contribution >= 4 is 23.2 Å². The Balaban J connectivity index is 1.88. The normalized spacial score (nSPS) is 10.6. The molecule has 2 aromatic carbocycles. The smallest absolute Gasteiger partial charge is 0.293 e. The molecule has 0 unspecified atom stereocenters. The Morgan fingerprint density at radius 3 is 2.70 bits per heavy atom. The maximum absolute atomic E-state index is 13.7. The minimum atomic E-state index is -0.585. The van der Waals surface area contributed by atoms with E-state index in [1.54, 1.807) is 6.92 Å². The standard InChI is InChI=1S/C17H12ClFN2O2/c1-10-15(23-17(20-10)11-5-3-2-4-6-11)16(22)21-14-9-12(18)7-8-13(14)19/h2-9H,1H3,(H,21,22). The van der Waals surface area contributed by atoms with Crippen molar-refractivity contribution in [2.24, 2.45) is 0 Å². The molecule has 3 rings (SSSR count). The average molecular weight is 331 g/mol. The molecule has 0 radical (unpaired) electrons. The summed E-state index contributed by atoms with van der Waals surface area (Å²) >= 11 is 5.81. The van der Waals surface area contributed by atoms with Gasteiger partial charge in [-0.15, -0.1) is 0 Å². The quantitative estimate of drug-likeness (QED) is 0.757. The van der Waals surface area contributed by atoms with Crippen LogP contribution >= 0.6 is 11.6 Å². The minimum absolute atomic E-state index is 0.0143. The van der Waals surface area contributed by atoms with Crippen molar-refractivity contribution in [3.05, 3.63) is 70.8 Å². The van der Waals surface area contributed by atoms with Crippen LogP contribution in [0, 0.1) is 12.7 Å². The summed E-state index contributed by atoms with van der Waals surface area (Å²) in [6.07, 6.45) is 0. The Morgan fingerprint density at radius 1 is 1.22 bits per heavy atom. The van der Waals surface area contributed by atoms with Crippen LogP contribution in [-0.2, 0) is 0 Å². The van der Waals surface area contributed by atoms with Crippen molar-refractivity contribution in [3.63, 3.8) is 0 Å². The van der Waals surface area contributed by atoms with Gasteiger partial charge < -0.3 is 9.73 Å². The van der Waals surface area contributed by atoms with E-state index in [4.69, 9.17) is 16.0 Å². The highest BCUT2D eigenvalue weighted by molar-refractivity contribution is 6.31. The number of anilines is 1. The molecule has 0 bridgehead atoms. The lowest BCUT2D eigenvalue weighted by Gasteiger charge is -2.05. The molecule has 6 heteroatoms. The first-order valence-corrected chi connectivity index (χ1v) is 7.21. The maximum atomic E-state index is 13.7. The van der Waals surface area contributed by atoms with Crippen molar-refractivity contribution in [1.82, 2.24) is 4.98 Å². The van der Waals surface area contributed by atoms with Gasteiger partial charge in [-0.25, -0.2) is 9.37 Å². The number of nitrogens with one attached hydrogen (secondary N) is 1. The predicted molar refractivity (Wildman–Crippen MR) is 86.0 cm³/mol. The van der Waals surface area contributed by atoms with Crippen molar-refractivity contribution in [1.29, 1.82) is 0 Å². The van der Waals surface area contributed by atoms with Gasteiger partial charge in [-0.3, -0.25) is 4.79 Å². The summed E-state index contributed by atoms with van der Waals surface area (Å²) < 4.78 is 19.2. The number of benzene rings is 2. The molecule has 3 aromatic rings. The molecule has 1 amide bonds. The largest absolute Gasteiger partial charge is 0.431 e. The highest BCUT2D eigenvalue weighted by Gasteiger charge is 2.19. The third kappa shape index (κ3) is 3.24. The molecule has 116 valence electrons. The van der Waals surface area contributed by atoms with Gasteiger partial charge in [0.1, 0.15) is 5.82 Å². The van der Waals surface area contributed by atoms with Gasteiger partial charge >= 0.3 is 0 Å². The van der Waals surface area contributed by atoms with Gasteiger partial charge in [0, 0.05) is 10.6 Å². The van der Waals surface area contributed by atoms with Gasteiger partial charge in [-0.05, 0) is 37.3 Å². The average Bonchev–Trinajstić information content (AvgIpc) is 2.94. The molecular weight excluding hydrogens is 319 g/mol. The molecule has 0 aliphatic rings. The number of hydrogen-bond donors (Lipinski definition) is 1. The van der Waals surface area contributed by atoms with Crippen LogP contribution in [0.25, 0.3) is 11.5 Å². The molecule has 0 aliphatic carbocycles. The summed E-state index contributed by atoms with van der Waals surface area (Å²) in [7, 11) is 0. The fourth-order valence-corrected chi connectivity index (χ4v) is 2.26. The summed E-state index contributed by atoms with van der Waals surface area (Å²) in [4.78, 5) is 16.5. The Morgan fingerprint density at radius 2 is 1.96 bits per heavy atom. The lowest BCUT2D eigenvalue weighted by molar-refractivity contribution is 0.0996. The van der Waals surface area contributed by atoms with E-state index in [1.807, 2.05) is 30.3 Å². The summed E-state index contributed by atoms with van der Waals surface area (Å²) in [5.41, 5.74) is 1.16. The topological polar surface area (TPSA) is 55.1 Å². The third-order valence-corrected chi connectivity index (χ3v) is 3.44. The van der Waals surface area contributed by atoms with Crippen molar-refractivity contribution in [2.45, 2.75) is 6.92 Å². The predicted octanol–water partition coefficient (Wildman–Crippen LogP) is 4.69. The van der Waals surface area contributed by atoms with Gasteiger partial charge in [0.2, 0.25) is 11.7 Å². The van der Waals surface area contributed by atoms with E-state index < -0.39 is 11.7 Å². The lowest BCUT2D eigenvalue weighted by atomic mass is 10.2. The van der Waals surface area contributed by atoms with Crippen LogP contribution in [-0.4, -0.2) is 10.9 Å². The highest BCUT2D eigenvalue weighted by Crippen LogP contribution is 2.24. The zero-order valence-electron chi connectivity index (χ0n) is 12.1. The van der Waals surface area contributed by atoms with Crippen LogP contribution in [0.2, 0.25) is 5.02 Å². The number of amides is 1. The monoisotopic (exact) mass is 330 g/mol. The SMILES string of the molecule is Cc1nc(-c2ccccc2)oc1C(=O)Nc1cc(Cl)ccc1F. The van der Waals surface area contributed by atoms with Crippen LogP contribution in [0.15, 0.2) is 52.9 Å². The van der Waals surface area contributed by atoms with Gasteiger partial charge in [0.15, 0.2) is 0 Å². The third-order valence-electron chi connectivity index (χ3n) is 3.20. The first kappa shape index (κ1) is 15.2. The molecule has 0 aliphatic heterocycles. The number of oxazole rings is 1. The number of carbonyl (C=O) groups is 1. The maximum Gasteiger partial charge on any atom is 0.293 e. The molecule has 0 spiro atoms. The van der Waals surface area contributed by atoms with Crippen molar-refractivity contribution in [2.75, 3.05) is 5.32 Å². The molecule has 23 heavy (non-hydrogen) atoms. The van der Waals surface area contributed by atoms with E-state index in [-0.39, 0.29) is 11.4 Å². The molecule has 0 fully saturated rings. The second-order valence-corrected chi connectivity index (χ2v) is 5.31. The molecule has 0 saturated heterocycles. The number of aryl methyl sites for hydroxylation is 1. The number of hydrogen-bond acceptors (Lipinski definition) is 3. The Hall–Kier alpha value is -2.66. The van der Waals surface area contributed by atoms with Gasteiger partial charge in [0.25, 0.3) is 5.91 Å². The highest BCUT2D eigenvalue weighted by atomic mass is 35.5. The number of aromatic nitrogens is 1. The van der Waals surface area contributed by atoms with Gasteiger partial charge in [-0.1, -0.05) is 29.8 Å². The second kappa shape index (κ2) is 6.22. The molecular formula is C17H12ClFN2O2. The summed E-state index contributed by atoms with van der Waals surface area (Å²) in [6.45, 7) is 1.65. The van der Waals surface area contributed by atoms with Crippen molar-refractivity contribution < 1.29 is 13.6 Å². The first-order chi connectivity index (χ1) is 11.0.